The fraction of sp³-hybridized carbons (Fsp3) is 0.261. The van der Waals surface area contributed by atoms with E-state index in [0.29, 0.717) is 0 Å². The van der Waals surface area contributed by atoms with Crippen molar-refractivity contribution in [2.24, 2.45) is 12.5 Å². The van der Waals surface area contributed by atoms with Gasteiger partial charge in [-0.25, -0.2) is 15.0 Å². The van der Waals surface area contributed by atoms with Gasteiger partial charge in [-0.2, -0.15) is 0 Å². The van der Waals surface area contributed by atoms with Crippen molar-refractivity contribution in [1.29, 1.82) is 0 Å². The van der Waals surface area contributed by atoms with Gasteiger partial charge in [-0.15, -0.1) is 0 Å². The first-order chi connectivity index (χ1) is 13.3. The van der Waals surface area contributed by atoms with Gasteiger partial charge in [0.1, 0.15) is 5.65 Å². The zero-order valence-electron chi connectivity index (χ0n) is 16.7. The average Bonchev–Trinajstić information content (AvgIpc) is 2.99. The Hall–Kier alpha value is -3.21. The second-order valence-corrected chi connectivity index (χ2v) is 8.32. The van der Waals surface area contributed by atoms with Crippen molar-refractivity contribution in [2.45, 2.75) is 26.7 Å². The Balaban J connectivity index is 1.79. The van der Waals surface area contributed by atoms with Crippen LogP contribution < -0.4 is 5.73 Å². The second kappa shape index (κ2) is 6.75. The highest BCUT2D eigenvalue weighted by atomic mass is 15.0. The number of nitrogens with two attached hydrogens (primary N) is 1. The second-order valence-electron chi connectivity index (χ2n) is 8.32. The predicted octanol–water partition coefficient (Wildman–Crippen LogP) is 4.79. The lowest BCUT2D eigenvalue weighted by atomic mass is 9.72. The molecule has 0 amide bonds. The standard InChI is InChI=1S/C23H25N5/c1-23(2,3)20(19-14-28(4)21-18(19)6-5-11-25-21)16-9-7-15(8-10-16)17-12-26-22(24)27-13-17/h5-14,20H,1-4H3,(H2,24,26,27). The first-order valence-electron chi connectivity index (χ1n) is 9.42. The van der Waals surface area contributed by atoms with Gasteiger partial charge in [0.05, 0.1) is 0 Å². The van der Waals surface area contributed by atoms with Crippen LogP contribution in [0.1, 0.15) is 37.8 Å². The number of nitrogen functional groups attached to an aromatic ring is 1. The van der Waals surface area contributed by atoms with Crippen LogP contribution in [0.5, 0.6) is 0 Å². The molecule has 0 saturated carbocycles. The van der Waals surface area contributed by atoms with Crippen LogP contribution in [0.3, 0.4) is 0 Å². The lowest BCUT2D eigenvalue weighted by molar-refractivity contribution is 0.360. The maximum absolute atomic E-state index is 5.60. The molecule has 2 N–H and O–H groups in total. The molecule has 3 heterocycles. The van der Waals surface area contributed by atoms with Gasteiger partial charge < -0.3 is 10.3 Å². The van der Waals surface area contributed by atoms with Crippen molar-refractivity contribution < 1.29 is 0 Å². The Kier molecular flexibility index (Phi) is 4.38. The smallest absolute Gasteiger partial charge is 0.219 e. The number of aryl methyl sites for hydroxylation is 1. The number of benzene rings is 1. The molecule has 1 aromatic carbocycles. The number of anilines is 1. The molecule has 1 atom stereocenters. The van der Waals surface area contributed by atoms with Crippen LogP contribution in [0.2, 0.25) is 0 Å². The molecular weight excluding hydrogens is 346 g/mol. The maximum Gasteiger partial charge on any atom is 0.219 e. The molecule has 28 heavy (non-hydrogen) atoms. The quantitative estimate of drug-likeness (QED) is 0.562. The van der Waals surface area contributed by atoms with Crippen molar-refractivity contribution >= 4 is 17.0 Å². The maximum atomic E-state index is 5.60. The molecule has 0 radical (unpaired) electrons. The van der Waals surface area contributed by atoms with Crippen LogP contribution in [-0.4, -0.2) is 19.5 Å². The molecule has 5 heteroatoms. The van der Waals surface area contributed by atoms with Gasteiger partial charge in [-0.1, -0.05) is 45.0 Å². The van der Waals surface area contributed by atoms with Crippen molar-refractivity contribution in [3.63, 3.8) is 0 Å². The predicted molar refractivity (Wildman–Crippen MR) is 114 cm³/mol. The summed E-state index contributed by atoms with van der Waals surface area (Å²) in [6, 6.07) is 12.8. The monoisotopic (exact) mass is 371 g/mol. The molecule has 0 spiro atoms. The molecule has 1 unspecified atom stereocenters. The SMILES string of the molecule is Cn1cc(C(c2ccc(-c3cnc(N)nc3)cc2)C(C)(C)C)c2cccnc21. The summed E-state index contributed by atoms with van der Waals surface area (Å²) in [4.78, 5) is 12.7. The molecule has 5 nitrogen and oxygen atoms in total. The van der Waals surface area contributed by atoms with Crippen LogP contribution >= 0.6 is 0 Å². The molecule has 4 rings (SSSR count). The number of aromatic nitrogens is 4. The van der Waals surface area contributed by atoms with E-state index in [2.05, 4.69) is 83.9 Å². The van der Waals surface area contributed by atoms with Crippen LogP contribution in [0, 0.1) is 5.41 Å². The highest BCUT2D eigenvalue weighted by molar-refractivity contribution is 5.81. The third kappa shape index (κ3) is 3.24. The minimum Gasteiger partial charge on any atom is -0.368 e. The summed E-state index contributed by atoms with van der Waals surface area (Å²) in [5.74, 6) is 0.537. The number of pyridine rings is 1. The topological polar surface area (TPSA) is 69.6 Å². The lowest BCUT2D eigenvalue weighted by Crippen LogP contribution is -2.19. The number of hydrogen-bond acceptors (Lipinski definition) is 4. The van der Waals surface area contributed by atoms with E-state index < -0.39 is 0 Å². The Bertz CT molecular complexity index is 1100. The molecule has 4 aromatic rings. The molecule has 0 fully saturated rings. The molecule has 0 aliphatic rings. The Morgan fingerprint density at radius 2 is 1.61 bits per heavy atom. The molecule has 142 valence electrons. The summed E-state index contributed by atoms with van der Waals surface area (Å²) < 4.78 is 2.11. The van der Waals surface area contributed by atoms with Crippen LogP contribution in [0.4, 0.5) is 5.95 Å². The fourth-order valence-corrected chi connectivity index (χ4v) is 3.97. The number of rotatable bonds is 3. The van der Waals surface area contributed by atoms with E-state index in [-0.39, 0.29) is 17.3 Å². The summed E-state index contributed by atoms with van der Waals surface area (Å²) in [6.07, 6.45) is 7.58. The van der Waals surface area contributed by atoms with Gasteiger partial charge in [-0.3, -0.25) is 0 Å². The first kappa shape index (κ1) is 18.2. The lowest BCUT2D eigenvalue weighted by Gasteiger charge is -2.31. The molecular formula is C23H25N5. The van der Waals surface area contributed by atoms with Crippen molar-refractivity contribution in [3.05, 3.63) is 72.3 Å². The zero-order chi connectivity index (χ0) is 19.9. The number of nitrogens with zero attached hydrogens (tertiary/aromatic N) is 4. The van der Waals surface area contributed by atoms with Gasteiger partial charge >= 0.3 is 0 Å². The summed E-state index contributed by atoms with van der Waals surface area (Å²) in [7, 11) is 2.06. The van der Waals surface area contributed by atoms with Crippen LogP contribution in [0.25, 0.3) is 22.2 Å². The summed E-state index contributed by atoms with van der Waals surface area (Å²) in [5, 5.41) is 1.21. The average molecular weight is 371 g/mol. The van der Waals surface area contributed by atoms with Crippen molar-refractivity contribution in [2.75, 3.05) is 5.73 Å². The Morgan fingerprint density at radius 3 is 2.25 bits per heavy atom. The molecule has 0 saturated heterocycles. The van der Waals surface area contributed by atoms with Gasteiger partial charge in [-0.05, 0) is 34.2 Å². The number of hydrogen-bond donors (Lipinski definition) is 1. The largest absolute Gasteiger partial charge is 0.368 e. The Morgan fingerprint density at radius 1 is 0.929 bits per heavy atom. The molecule has 0 bridgehead atoms. The van der Waals surface area contributed by atoms with Gasteiger partial charge in [0, 0.05) is 48.7 Å². The minimum atomic E-state index is 0.0515. The third-order valence-electron chi connectivity index (χ3n) is 5.19. The van der Waals surface area contributed by atoms with E-state index >= 15 is 0 Å². The van der Waals surface area contributed by atoms with E-state index in [1.807, 2.05) is 12.3 Å². The Labute approximate surface area is 165 Å². The van der Waals surface area contributed by atoms with Crippen LogP contribution in [-0.2, 0) is 7.05 Å². The van der Waals surface area contributed by atoms with E-state index in [9.17, 15) is 0 Å². The van der Waals surface area contributed by atoms with Gasteiger partial charge in [0.2, 0.25) is 5.95 Å². The van der Waals surface area contributed by atoms with E-state index in [4.69, 9.17) is 5.73 Å². The number of fused-ring (bicyclic) bond motifs is 1. The summed E-state index contributed by atoms with van der Waals surface area (Å²) in [6.45, 7) is 6.86. The summed E-state index contributed by atoms with van der Waals surface area (Å²) >= 11 is 0. The molecule has 0 aliphatic carbocycles. The van der Waals surface area contributed by atoms with E-state index in [0.717, 1.165) is 16.8 Å². The third-order valence-corrected chi connectivity index (χ3v) is 5.19. The van der Waals surface area contributed by atoms with Crippen LogP contribution in [0.15, 0.2) is 61.2 Å². The van der Waals surface area contributed by atoms with Crippen molar-refractivity contribution in [1.82, 2.24) is 19.5 Å². The normalized spacial score (nSPS) is 13.0. The minimum absolute atomic E-state index is 0.0515. The molecule has 0 aliphatic heterocycles. The summed E-state index contributed by atoms with van der Waals surface area (Å²) in [5.41, 5.74) is 11.3. The highest BCUT2D eigenvalue weighted by Gasteiger charge is 2.30. The van der Waals surface area contributed by atoms with Gasteiger partial charge in [0.25, 0.3) is 0 Å². The fourth-order valence-electron chi connectivity index (χ4n) is 3.97. The molecule has 3 aromatic heterocycles. The highest BCUT2D eigenvalue weighted by Crippen LogP contribution is 2.43. The van der Waals surface area contributed by atoms with Crippen molar-refractivity contribution in [3.8, 4) is 11.1 Å². The first-order valence-corrected chi connectivity index (χ1v) is 9.42. The van der Waals surface area contributed by atoms with E-state index in [1.54, 1.807) is 12.4 Å². The zero-order valence-corrected chi connectivity index (χ0v) is 16.7. The van der Waals surface area contributed by atoms with E-state index in [1.165, 1.54) is 16.5 Å². The van der Waals surface area contributed by atoms with Gasteiger partial charge in [0.15, 0.2) is 0 Å².